The van der Waals surface area contributed by atoms with Crippen LogP contribution >= 0.6 is 27.5 Å². The molecule has 1 aliphatic rings. The third-order valence-corrected chi connectivity index (χ3v) is 5.63. The van der Waals surface area contributed by atoms with Crippen molar-refractivity contribution >= 4 is 56.3 Å². The van der Waals surface area contributed by atoms with E-state index >= 15 is 0 Å². The molecule has 5 nitrogen and oxygen atoms in total. The van der Waals surface area contributed by atoms with E-state index in [9.17, 15) is 14.0 Å². The Balaban J connectivity index is 1.39. The van der Waals surface area contributed by atoms with E-state index in [2.05, 4.69) is 15.9 Å². The van der Waals surface area contributed by atoms with Crippen LogP contribution in [0.15, 0.2) is 75.3 Å². The van der Waals surface area contributed by atoms with Gasteiger partial charge in [0.25, 0.3) is 0 Å². The van der Waals surface area contributed by atoms with Crippen molar-refractivity contribution in [3.8, 4) is 11.5 Å². The van der Waals surface area contributed by atoms with Crippen LogP contribution < -0.4 is 9.47 Å². The number of rotatable bonds is 3. The van der Waals surface area contributed by atoms with Gasteiger partial charge in [0.05, 0.1) is 10.6 Å². The zero-order valence-electron chi connectivity index (χ0n) is 16.0. The molecule has 3 aromatic carbocycles. The maximum absolute atomic E-state index is 14.1. The Bertz CT molecular complexity index is 1440. The highest BCUT2D eigenvalue weighted by atomic mass is 79.9. The van der Waals surface area contributed by atoms with E-state index in [0.29, 0.717) is 5.58 Å². The Morgan fingerprint density at radius 1 is 1.09 bits per heavy atom. The lowest BCUT2D eigenvalue weighted by atomic mass is 10.1. The number of halogens is 3. The second-order valence-electron chi connectivity index (χ2n) is 6.92. The summed E-state index contributed by atoms with van der Waals surface area (Å²) in [4.78, 5) is 25.1. The van der Waals surface area contributed by atoms with Crippen molar-refractivity contribution in [3.05, 3.63) is 98.6 Å². The van der Waals surface area contributed by atoms with Gasteiger partial charge >= 0.3 is 5.97 Å². The minimum Gasteiger partial charge on any atom is -0.452 e. The fourth-order valence-electron chi connectivity index (χ4n) is 3.28. The quantitative estimate of drug-likeness (QED) is 0.171. The SMILES string of the molecule is O=C(Oc1ccc2c(c1)O/C(=C\c1c(F)cccc1Cl)C2=O)c1cc2cc(Br)ccc2o1. The van der Waals surface area contributed by atoms with Crippen molar-refractivity contribution in [1.29, 1.82) is 0 Å². The molecule has 0 spiro atoms. The van der Waals surface area contributed by atoms with E-state index in [4.69, 9.17) is 25.5 Å². The summed E-state index contributed by atoms with van der Waals surface area (Å²) in [6.07, 6.45) is 1.25. The van der Waals surface area contributed by atoms with E-state index in [0.717, 1.165) is 9.86 Å². The maximum atomic E-state index is 14.1. The van der Waals surface area contributed by atoms with Crippen molar-refractivity contribution in [1.82, 2.24) is 0 Å². The number of allylic oxidation sites excluding steroid dienone is 1. The summed E-state index contributed by atoms with van der Waals surface area (Å²) >= 11 is 9.39. The molecule has 0 saturated heterocycles. The van der Waals surface area contributed by atoms with Crippen molar-refractivity contribution in [2.24, 2.45) is 0 Å². The molecular weight excluding hydrogens is 503 g/mol. The molecule has 158 valence electrons. The van der Waals surface area contributed by atoms with Crippen LogP contribution in [0.4, 0.5) is 4.39 Å². The maximum Gasteiger partial charge on any atom is 0.379 e. The van der Waals surface area contributed by atoms with Gasteiger partial charge in [0.2, 0.25) is 11.5 Å². The Morgan fingerprint density at radius 3 is 2.75 bits per heavy atom. The van der Waals surface area contributed by atoms with Gasteiger partial charge in [-0.25, -0.2) is 9.18 Å². The largest absolute Gasteiger partial charge is 0.452 e. The minimum atomic E-state index is -0.699. The highest BCUT2D eigenvalue weighted by molar-refractivity contribution is 9.10. The second-order valence-corrected chi connectivity index (χ2v) is 8.24. The second kappa shape index (κ2) is 7.93. The minimum absolute atomic E-state index is 0.0328. The summed E-state index contributed by atoms with van der Waals surface area (Å²) in [5.74, 6) is -1.41. The van der Waals surface area contributed by atoms with Crippen LogP contribution in [-0.4, -0.2) is 11.8 Å². The first-order chi connectivity index (χ1) is 15.4. The number of benzene rings is 3. The average Bonchev–Trinajstić information content (AvgIpc) is 3.31. The Hall–Kier alpha value is -3.42. The lowest BCUT2D eigenvalue weighted by molar-refractivity contribution is 0.0703. The van der Waals surface area contributed by atoms with Gasteiger partial charge in [0.15, 0.2) is 5.76 Å². The molecule has 0 radical (unpaired) electrons. The van der Waals surface area contributed by atoms with Crippen LogP contribution in [0.25, 0.3) is 17.0 Å². The smallest absolute Gasteiger partial charge is 0.379 e. The highest BCUT2D eigenvalue weighted by Gasteiger charge is 2.29. The predicted molar refractivity (Wildman–Crippen MR) is 120 cm³/mol. The lowest BCUT2D eigenvalue weighted by Crippen LogP contribution is -2.07. The Labute approximate surface area is 194 Å². The number of hydrogen-bond acceptors (Lipinski definition) is 5. The number of hydrogen-bond donors (Lipinski definition) is 0. The molecule has 0 unspecified atom stereocenters. The molecule has 0 N–H and O–H groups in total. The topological polar surface area (TPSA) is 65.7 Å². The molecular formula is C24H11BrClFO5. The summed E-state index contributed by atoms with van der Waals surface area (Å²) in [7, 11) is 0. The molecule has 0 atom stereocenters. The van der Waals surface area contributed by atoms with Gasteiger partial charge in [-0.3, -0.25) is 4.79 Å². The van der Waals surface area contributed by atoms with Crippen LogP contribution in [0.3, 0.4) is 0 Å². The van der Waals surface area contributed by atoms with E-state index < -0.39 is 17.6 Å². The van der Waals surface area contributed by atoms with Crippen LogP contribution in [0, 0.1) is 5.82 Å². The van der Waals surface area contributed by atoms with Gasteiger partial charge in [-0.1, -0.05) is 33.6 Å². The predicted octanol–water partition coefficient (Wildman–Crippen LogP) is 6.82. The van der Waals surface area contributed by atoms with Gasteiger partial charge in [-0.05, 0) is 54.6 Å². The third kappa shape index (κ3) is 3.70. The zero-order chi connectivity index (χ0) is 22.4. The summed E-state index contributed by atoms with van der Waals surface area (Å²) < 4.78 is 31.4. The van der Waals surface area contributed by atoms with Crippen LogP contribution in [0.5, 0.6) is 11.5 Å². The normalized spacial score (nSPS) is 14.0. The summed E-state index contributed by atoms with van der Waals surface area (Å²) in [5.41, 5.74) is 0.857. The van der Waals surface area contributed by atoms with Crippen molar-refractivity contribution in [3.63, 3.8) is 0 Å². The standard InChI is InChI=1S/C24H11BrClFO5/c25-13-4-7-19-12(8-13)9-22(31-19)24(29)30-14-5-6-15-20(10-14)32-21(23(15)28)11-16-17(26)2-1-3-18(16)27/h1-11H/b21-11-. The monoisotopic (exact) mass is 512 g/mol. The highest BCUT2D eigenvalue weighted by Crippen LogP contribution is 2.36. The van der Waals surface area contributed by atoms with E-state index in [1.165, 1.54) is 42.5 Å². The number of carbonyl (C=O) groups is 2. The summed E-state index contributed by atoms with van der Waals surface area (Å²) in [5, 5.41) is 0.896. The average molecular weight is 514 g/mol. The molecule has 32 heavy (non-hydrogen) atoms. The zero-order valence-corrected chi connectivity index (χ0v) is 18.4. The summed E-state index contributed by atoms with van der Waals surface area (Å²) in [6, 6.07) is 15.5. The van der Waals surface area contributed by atoms with Crippen LogP contribution in [0.2, 0.25) is 5.02 Å². The fraction of sp³-hybridized carbons (Fsp3) is 0. The van der Waals surface area contributed by atoms with Gasteiger partial charge < -0.3 is 13.9 Å². The van der Waals surface area contributed by atoms with E-state index in [1.807, 2.05) is 6.07 Å². The summed E-state index contributed by atoms with van der Waals surface area (Å²) in [6.45, 7) is 0. The molecule has 0 fully saturated rings. The number of esters is 1. The van der Waals surface area contributed by atoms with Gasteiger partial charge in [-0.15, -0.1) is 0 Å². The van der Waals surface area contributed by atoms with Crippen LogP contribution in [-0.2, 0) is 0 Å². The molecule has 0 saturated carbocycles. The first-order valence-electron chi connectivity index (χ1n) is 9.32. The number of ether oxygens (including phenoxy) is 2. The fourth-order valence-corrected chi connectivity index (χ4v) is 3.88. The first-order valence-corrected chi connectivity index (χ1v) is 10.5. The molecule has 0 aliphatic carbocycles. The van der Waals surface area contributed by atoms with Gasteiger partial charge in [0, 0.05) is 21.5 Å². The Kier molecular flexibility index (Phi) is 5.07. The number of Topliss-reactive ketones (excluding diaryl/α,β-unsaturated/α-hetero) is 1. The molecule has 1 aromatic heterocycles. The molecule has 1 aliphatic heterocycles. The molecule has 8 heteroatoms. The van der Waals surface area contributed by atoms with Gasteiger partial charge in [-0.2, -0.15) is 0 Å². The van der Waals surface area contributed by atoms with Gasteiger partial charge in [0.1, 0.15) is 22.9 Å². The van der Waals surface area contributed by atoms with E-state index in [1.54, 1.807) is 18.2 Å². The van der Waals surface area contributed by atoms with Crippen molar-refractivity contribution in [2.45, 2.75) is 0 Å². The molecule has 4 aromatic rings. The number of fused-ring (bicyclic) bond motifs is 2. The van der Waals surface area contributed by atoms with Crippen molar-refractivity contribution in [2.75, 3.05) is 0 Å². The number of ketones is 1. The van der Waals surface area contributed by atoms with Crippen molar-refractivity contribution < 1.29 is 27.9 Å². The molecule has 5 rings (SSSR count). The molecule has 2 heterocycles. The van der Waals surface area contributed by atoms with E-state index in [-0.39, 0.29) is 39.2 Å². The lowest BCUT2D eigenvalue weighted by Gasteiger charge is -2.04. The molecule has 0 amide bonds. The van der Waals surface area contributed by atoms with Crippen LogP contribution in [0.1, 0.15) is 26.5 Å². The first kappa shape index (κ1) is 20.5. The molecule has 0 bridgehead atoms. The number of carbonyl (C=O) groups excluding carboxylic acids is 2. The third-order valence-electron chi connectivity index (χ3n) is 4.81. The number of furan rings is 1. The Morgan fingerprint density at radius 2 is 1.94 bits per heavy atom.